The molecule has 0 aliphatic carbocycles. The maximum atomic E-state index is 13.7. The van der Waals surface area contributed by atoms with Crippen molar-refractivity contribution in [3.8, 4) is 11.3 Å². The van der Waals surface area contributed by atoms with Crippen molar-refractivity contribution in [1.82, 2.24) is 19.7 Å². The number of pyridine rings is 1. The van der Waals surface area contributed by atoms with Gasteiger partial charge in [-0.05, 0) is 30.2 Å². The van der Waals surface area contributed by atoms with E-state index in [4.69, 9.17) is 4.98 Å². The Hall–Kier alpha value is -3.54. The number of rotatable bonds is 7. The van der Waals surface area contributed by atoms with E-state index in [1.54, 1.807) is 21.8 Å². The SMILES string of the molecule is CCCCN(C)C(=O)c1cc(-c2ccccc2)nc2c1cnn2Cc1cccc(F)c1. The summed E-state index contributed by atoms with van der Waals surface area (Å²) in [7, 11) is 1.82. The predicted molar refractivity (Wildman–Crippen MR) is 120 cm³/mol. The Kier molecular flexibility index (Phi) is 6.07. The van der Waals surface area contributed by atoms with Gasteiger partial charge >= 0.3 is 0 Å². The van der Waals surface area contributed by atoms with Crippen LogP contribution < -0.4 is 0 Å². The monoisotopic (exact) mass is 416 g/mol. The van der Waals surface area contributed by atoms with Crippen molar-refractivity contribution in [2.24, 2.45) is 0 Å². The van der Waals surface area contributed by atoms with Crippen LogP contribution in [-0.2, 0) is 6.54 Å². The lowest BCUT2D eigenvalue weighted by Gasteiger charge is -2.18. The van der Waals surface area contributed by atoms with Crippen LogP contribution in [-0.4, -0.2) is 39.2 Å². The zero-order valence-corrected chi connectivity index (χ0v) is 17.8. The first-order chi connectivity index (χ1) is 15.1. The van der Waals surface area contributed by atoms with Crippen molar-refractivity contribution in [1.29, 1.82) is 0 Å². The number of amides is 1. The summed E-state index contributed by atoms with van der Waals surface area (Å²) in [6, 6.07) is 18.0. The van der Waals surface area contributed by atoms with E-state index in [9.17, 15) is 9.18 Å². The Morgan fingerprint density at radius 1 is 1.10 bits per heavy atom. The lowest BCUT2D eigenvalue weighted by atomic mass is 10.1. The minimum absolute atomic E-state index is 0.0525. The molecule has 31 heavy (non-hydrogen) atoms. The van der Waals surface area contributed by atoms with Crippen LogP contribution in [0.25, 0.3) is 22.3 Å². The van der Waals surface area contributed by atoms with E-state index in [1.807, 2.05) is 49.5 Å². The maximum Gasteiger partial charge on any atom is 0.254 e. The summed E-state index contributed by atoms with van der Waals surface area (Å²) in [6.07, 6.45) is 3.64. The molecule has 2 aromatic heterocycles. The normalized spacial score (nSPS) is 11.1. The van der Waals surface area contributed by atoms with Gasteiger partial charge in [0.1, 0.15) is 5.82 Å². The van der Waals surface area contributed by atoms with Crippen LogP contribution in [0, 0.1) is 5.82 Å². The molecule has 0 N–H and O–H groups in total. The van der Waals surface area contributed by atoms with E-state index in [0.29, 0.717) is 35.4 Å². The van der Waals surface area contributed by atoms with Crippen LogP contribution in [0.5, 0.6) is 0 Å². The van der Waals surface area contributed by atoms with Crippen LogP contribution in [0.4, 0.5) is 4.39 Å². The number of benzene rings is 2. The number of unbranched alkanes of at least 4 members (excludes halogenated alkanes) is 1. The third kappa shape index (κ3) is 4.48. The third-order valence-corrected chi connectivity index (χ3v) is 5.32. The molecule has 0 saturated carbocycles. The summed E-state index contributed by atoms with van der Waals surface area (Å²) >= 11 is 0. The van der Waals surface area contributed by atoms with Crippen molar-refractivity contribution in [2.45, 2.75) is 26.3 Å². The number of nitrogens with zero attached hydrogens (tertiary/aromatic N) is 4. The highest BCUT2D eigenvalue weighted by molar-refractivity contribution is 6.06. The molecule has 0 atom stereocenters. The highest BCUT2D eigenvalue weighted by atomic mass is 19.1. The van der Waals surface area contributed by atoms with Gasteiger partial charge in [-0.1, -0.05) is 55.8 Å². The molecule has 0 spiro atoms. The number of aromatic nitrogens is 3. The van der Waals surface area contributed by atoms with Gasteiger partial charge in [-0.25, -0.2) is 14.1 Å². The Labute approximate surface area is 181 Å². The van der Waals surface area contributed by atoms with Gasteiger partial charge in [-0.2, -0.15) is 5.10 Å². The standard InChI is InChI=1S/C25H25FN4O/c1-3-4-13-29(2)25(31)21-15-23(19-10-6-5-7-11-19)28-24-22(21)16-27-30(24)17-18-9-8-12-20(26)14-18/h5-12,14-16H,3-4,13,17H2,1-2H3. The minimum Gasteiger partial charge on any atom is -0.342 e. The van der Waals surface area contributed by atoms with E-state index in [2.05, 4.69) is 12.0 Å². The van der Waals surface area contributed by atoms with Crippen LogP contribution in [0.2, 0.25) is 0 Å². The van der Waals surface area contributed by atoms with E-state index in [0.717, 1.165) is 24.0 Å². The molecule has 0 fully saturated rings. The van der Waals surface area contributed by atoms with E-state index < -0.39 is 0 Å². The zero-order valence-electron chi connectivity index (χ0n) is 17.8. The summed E-state index contributed by atoms with van der Waals surface area (Å²) in [5.41, 5.74) is 3.60. The molecular formula is C25H25FN4O. The van der Waals surface area contributed by atoms with Gasteiger partial charge in [0.25, 0.3) is 5.91 Å². The molecule has 2 heterocycles. The number of carbonyl (C=O) groups excluding carboxylic acids is 1. The molecular weight excluding hydrogens is 391 g/mol. The van der Waals surface area contributed by atoms with Crippen LogP contribution in [0.15, 0.2) is 66.9 Å². The van der Waals surface area contributed by atoms with E-state index in [-0.39, 0.29) is 11.7 Å². The summed E-state index contributed by atoms with van der Waals surface area (Å²) in [4.78, 5) is 19.8. The summed E-state index contributed by atoms with van der Waals surface area (Å²) in [5, 5.41) is 5.18. The largest absolute Gasteiger partial charge is 0.342 e. The second-order valence-corrected chi connectivity index (χ2v) is 7.67. The van der Waals surface area contributed by atoms with Crippen molar-refractivity contribution in [2.75, 3.05) is 13.6 Å². The smallest absolute Gasteiger partial charge is 0.254 e. The molecule has 1 amide bonds. The topological polar surface area (TPSA) is 51.0 Å². The number of halogens is 1. The molecule has 4 rings (SSSR count). The van der Waals surface area contributed by atoms with Crippen molar-refractivity contribution in [3.05, 3.63) is 83.8 Å². The molecule has 4 aromatic rings. The van der Waals surface area contributed by atoms with Crippen LogP contribution in [0.1, 0.15) is 35.7 Å². The fourth-order valence-electron chi connectivity index (χ4n) is 3.61. The van der Waals surface area contributed by atoms with Crippen LogP contribution >= 0.6 is 0 Å². The maximum absolute atomic E-state index is 13.7. The Balaban J connectivity index is 1.82. The quantitative estimate of drug-likeness (QED) is 0.418. The Morgan fingerprint density at radius 3 is 2.65 bits per heavy atom. The second kappa shape index (κ2) is 9.08. The number of hydrogen-bond donors (Lipinski definition) is 0. The molecule has 158 valence electrons. The molecule has 0 bridgehead atoms. The minimum atomic E-state index is -0.291. The first kappa shape index (κ1) is 20.7. The second-order valence-electron chi connectivity index (χ2n) is 7.67. The molecule has 0 unspecified atom stereocenters. The fraction of sp³-hybridized carbons (Fsp3) is 0.240. The van der Waals surface area contributed by atoms with Gasteiger partial charge < -0.3 is 4.90 Å². The van der Waals surface area contributed by atoms with Gasteiger partial charge in [-0.3, -0.25) is 4.79 Å². The fourth-order valence-corrected chi connectivity index (χ4v) is 3.61. The average Bonchev–Trinajstić information content (AvgIpc) is 3.19. The Bertz CT molecular complexity index is 1200. The molecule has 0 radical (unpaired) electrons. The van der Waals surface area contributed by atoms with E-state index >= 15 is 0 Å². The predicted octanol–water partition coefficient (Wildman–Crippen LogP) is 5.16. The molecule has 0 aliphatic rings. The third-order valence-electron chi connectivity index (χ3n) is 5.32. The highest BCUT2D eigenvalue weighted by Gasteiger charge is 2.20. The number of carbonyl (C=O) groups is 1. The van der Waals surface area contributed by atoms with Crippen molar-refractivity contribution >= 4 is 16.9 Å². The van der Waals surface area contributed by atoms with Gasteiger partial charge in [-0.15, -0.1) is 0 Å². The van der Waals surface area contributed by atoms with E-state index in [1.165, 1.54) is 12.1 Å². The van der Waals surface area contributed by atoms with Gasteiger partial charge in [0.15, 0.2) is 5.65 Å². The summed E-state index contributed by atoms with van der Waals surface area (Å²) < 4.78 is 15.4. The molecule has 0 aliphatic heterocycles. The van der Waals surface area contributed by atoms with Gasteiger partial charge in [0, 0.05) is 19.2 Å². The summed E-state index contributed by atoms with van der Waals surface area (Å²) in [5.74, 6) is -0.344. The van der Waals surface area contributed by atoms with Crippen molar-refractivity contribution in [3.63, 3.8) is 0 Å². The molecule has 5 nitrogen and oxygen atoms in total. The van der Waals surface area contributed by atoms with Gasteiger partial charge in [0.05, 0.1) is 29.4 Å². The highest BCUT2D eigenvalue weighted by Crippen LogP contribution is 2.26. The lowest BCUT2D eigenvalue weighted by Crippen LogP contribution is -2.28. The first-order valence-corrected chi connectivity index (χ1v) is 10.5. The van der Waals surface area contributed by atoms with Gasteiger partial charge in [0.2, 0.25) is 0 Å². The molecule has 6 heteroatoms. The first-order valence-electron chi connectivity index (χ1n) is 10.5. The summed E-state index contributed by atoms with van der Waals surface area (Å²) in [6.45, 7) is 3.16. The zero-order chi connectivity index (χ0) is 21.8. The molecule has 2 aromatic carbocycles. The van der Waals surface area contributed by atoms with Crippen molar-refractivity contribution < 1.29 is 9.18 Å². The Morgan fingerprint density at radius 2 is 1.90 bits per heavy atom. The molecule has 0 saturated heterocycles. The lowest BCUT2D eigenvalue weighted by molar-refractivity contribution is 0.0795. The number of fused-ring (bicyclic) bond motifs is 1. The average molecular weight is 417 g/mol. The number of hydrogen-bond acceptors (Lipinski definition) is 3. The van der Waals surface area contributed by atoms with Crippen LogP contribution in [0.3, 0.4) is 0 Å².